The van der Waals surface area contributed by atoms with Gasteiger partial charge in [0.2, 0.25) is 0 Å². The highest BCUT2D eigenvalue weighted by molar-refractivity contribution is 6.11. The van der Waals surface area contributed by atoms with E-state index in [0.717, 1.165) is 42.0 Å². The third kappa shape index (κ3) is 3.79. The Bertz CT molecular complexity index is 968. The van der Waals surface area contributed by atoms with Crippen LogP contribution in [0.15, 0.2) is 47.7 Å². The second-order valence-corrected chi connectivity index (χ2v) is 6.60. The Morgan fingerprint density at radius 3 is 2.36 bits per heavy atom. The minimum absolute atomic E-state index is 0.173. The summed E-state index contributed by atoms with van der Waals surface area (Å²) in [5, 5.41) is 1.66. The highest BCUT2D eigenvalue weighted by Gasteiger charge is 2.25. The zero-order valence-electron chi connectivity index (χ0n) is 16.4. The molecule has 2 aromatic rings. The van der Waals surface area contributed by atoms with Crippen molar-refractivity contribution < 1.29 is 23.8 Å². The second-order valence-electron chi connectivity index (χ2n) is 6.60. The van der Waals surface area contributed by atoms with Gasteiger partial charge in [0.15, 0.2) is 0 Å². The molecule has 0 aromatic heterocycles. The predicted molar refractivity (Wildman–Crippen MR) is 108 cm³/mol. The summed E-state index contributed by atoms with van der Waals surface area (Å²) in [6.45, 7) is 0. The smallest absolute Gasteiger partial charge is 0.339 e. The highest BCUT2D eigenvalue weighted by Crippen LogP contribution is 2.32. The van der Waals surface area contributed by atoms with Gasteiger partial charge in [0.25, 0.3) is 0 Å². The number of esters is 2. The lowest BCUT2D eigenvalue weighted by atomic mass is 9.91. The van der Waals surface area contributed by atoms with E-state index in [1.807, 2.05) is 30.3 Å². The zero-order chi connectivity index (χ0) is 20.1. The van der Waals surface area contributed by atoms with E-state index in [0.29, 0.717) is 11.3 Å². The number of hydrogen-bond donors (Lipinski definition) is 0. The van der Waals surface area contributed by atoms with Crippen molar-refractivity contribution in [3.63, 3.8) is 0 Å². The fourth-order valence-corrected chi connectivity index (χ4v) is 3.59. The van der Waals surface area contributed by atoms with E-state index in [9.17, 15) is 9.59 Å². The van der Waals surface area contributed by atoms with E-state index in [1.165, 1.54) is 14.2 Å². The lowest BCUT2D eigenvalue weighted by Crippen LogP contribution is -2.14. The third-order valence-electron chi connectivity index (χ3n) is 4.99. The van der Waals surface area contributed by atoms with E-state index in [2.05, 4.69) is 6.08 Å². The van der Waals surface area contributed by atoms with Gasteiger partial charge in [-0.3, -0.25) is 0 Å². The highest BCUT2D eigenvalue weighted by atomic mass is 16.5. The SMILES string of the molecule is COC(=O)c1cc2ccccc2c(/C=C(/OC)C2=CCCCC2)c1C(=O)OC. The van der Waals surface area contributed by atoms with Crippen LogP contribution in [0.3, 0.4) is 0 Å². The monoisotopic (exact) mass is 380 g/mol. The molecule has 1 aliphatic carbocycles. The van der Waals surface area contributed by atoms with Crippen molar-refractivity contribution in [3.8, 4) is 0 Å². The molecule has 0 spiro atoms. The molecule has 3 rings (SSSR count). The Morgan fingerprint density at radius 2 is 1.71 bits per heavy atom. The summed E-state index contributed by atoms with van der Waals surface area (Å²) in [6, 6.07) is 9.25. The van der Waals surface area contributed by atoms with Crippen molar-refractivity contribution in [2.75, 3.05) is 21.3 Å². The van der Waals surface area contributed by atoms with Gasteiger partial charge < -0.3 is 14.2 Å². The zero-order valence-corrected chi connectivity index (χ0v) is 16.4. The molecule has 0 bridgehead atoms. The molecule has 0 saturated heterocycles. The maximum absolute atomic E-state index is 12.7. The van der Waals surface area contributed by atoms with Gasteiger partial charge in [-0.25, -0.2) is 9.59 Å². The van der Waals surface area contributed by atoms with Crippen LogP contribution in [0.2, 0.25) is 0 Å². The minimum atomic E-state index is -0.592. The summed E-state index contributed by atoms with van der Waals surface area (Å²) >= 11 is 0. The molecular formula is C23H24O5. The summed E-state index contributed by atoms with van der Waals surface area (Å²) in [4.78, 5) is 25.1. The number of rotatable bonds is 5. The topological polar surface area (TPSA) is 61.8 Å². The standard InChI is InChI=1S/C23H24O5/c1-26-20(15-9-5-4-6-10-15)14-18-17-12-8-7-11-16(17)13-19(22(24)27-2)21(18)23(25)28-3/h7-9,11-14H,4-6,10H2,1-3H3/b20-14+. The third-order valence-corrected chi connectivity index (χ3v) is 4.99. The van der Waals surface area contributed by atoms with Gasteiger partial charge in [-0.1, -0.05) is 30.3 Å². The first-order valence-electron chi connectivity index (χ1n) is 9.28. The van der Waals surface area contributed by atoms with Gasteiger partial charge in [-0.2, -0.15) is 0 Å². The van der Waals surface area contributed by atoms with Gasteiger partial charge in [0.1, 0.15) is 5.76 Å². The van der Waals surface area contributed by atoms with Crippen LogP contribution in [-0.2, 0) is 14.2 Å². The maximum Gasteiger partial charge on any atom is 0.339 e. The normalized spacial score (nSPS) is 14.4. The van der Waals surface area contributed by atoms with Crippen LogP contribution >= 0.6 is 0 Å². The van der Waals surface area contributed by atoms with E-state index in [1.54, 1.807) is 13.2 Å². The van der Waals surface area contributed by atoms with E-state index >= 15 is 0 Å². The summed E-state index contributed by atoms with van der Waals surface area (Å²) in [5.41, 5.74) is 2.05. The van der Waals surface area contributed by atoms with Crippen molar-refractivity contribution in [2.24, 2.45) is 0 Å². The quantitative estimate of drug-likeness (QED) is 0.545. The molecule has 0 amide bonds. The molecule has 0 fully saturated rings. The van der Waals surface area contributed by atoms with Crippen LogP contribution in [0, 0.1) is 0 Å². The first kappa shape index (κ1) is 19.7. The van der Waals surface area contributed by atoms with E-state index in [4.69, 9.17) is 14.2 Å². The van der Waals surface area contributed by atoms with Crippen LogP contribution < -0.4 is 0 Å². The number of benzene rings is 2. The number of carbonyl (C=O) groups is 2. The van der Waals surface area contributed by atoms with Gasteiger partial charge in [-0.05, 0) is 54.2 Å². The molecule has 5 nitrogen and oxygen atoms in total. The van der Waals surface area contributed by atoms with Crippen LogP contribution in [-0.4, -0.2) is 33.3 Å². The summed E-state index contributed by atoms with van der Waals surface area (Å²) in [5.74, 6) is -0.487. The molecule has 146 valence electrons. The van der Waals surface area contributed by atoms with Crippen molar-refractivity contribution in [1.29, 1.82) is 0 Å². The Kier molecular flexibility index (Phi) is 6.14. The first-order valence-corrected chi connectivity index (χ1v) is 9.28. The van der Waals surface area contributed by atoms with Crippen molar-refractivity contribution in [3.05, 3.63) is 64.4 Å². The van der Waals surface area contributed by atoms with Gasteiger partial charge >= 0.3 is 11.9 Å². The summed E-state index contributed by atoms with van der Waals surface area (Å²) in [6.07, 6.45) is 8.18. The fourth-order valence-electron chi connectivity index (χ4n) is 3.59. The summed E-state index contributed by atoms with van der Waals surface area (Å²) < 4.78 is 15.6. The molecule has 0 heterocycles. The van der Waals surface area contributed by atoms with Crippen LogP contribution in [0.1, 0.15) is 52.0 Å². The molecule has 0 aliphatic heterocycles. The molecular weight excluding hydrogens is 356 g/mol. The van der Waals surface area contributed by atoms with Crippen LogP contribution in [0.4, 0.5) is 0 Å². The lowest BCUT2D eigenvalue weighted by molar-refractivity contribution is 0.0555. The molecule has 0 atom stereocenters. The largest absolute Gasteiger partial charge is 0.496 e. The van der Waals surface area contributed by atoms with Crippen LogP contribution in [0.25, 0.3) is 16.8 Å². The second kappa shape index (κ2) is 8.74. The predicted octanol–water partition coefficient (Wildman–Crippen LogP) is 4.90. The molecule has 0 unspecified atom stereocenters. The molecule has 5 heteroatoms. The average molecular weight is 380 g/mol. The Balaban J connectivity index is 2.34. The van der Waals surface area contributed by atoms with Crippen molar-refractivity contribution >= 4 is 28.8 Å². The fraction of sp³-hybridized carbons (Fsp3) is 0.304. The molecule has 1 aliphatic rings. The lowest BCUT2D eigenvalue weighted by Gasteiger charge is -2.18. The number of hydrogen-bond acceptors (Lipinski definition) is 5. The number of ether oxygens (including phenoxy) is 3. The number of fused-ring (bicyclic) bond motifs is 1. The Hall–Kier alpha value is -3.08. The molecule has 0 radical (unpaired) electrons. The molecule has 0 saturated carbocycles. The van der Waals surface area contributed by atoms with E-state index < -0.39 is 11.9 Å². The van der Waals surface area contributed by atoms with Crippen molar-refractivity contribution in [1.82, 2.24) is 0 Å². The van der Waals surface area contributed by atoms with Crippen LogP contribution in [0.5, 0.6) is 0 Å². The van der Waals surface area contributed by atoms with E-state index in [-0.39, 0.29) is 11.1 Å². The number of allylic oxidation sites excluding steroid dienone is 2. The minimum Gasteiger partial charge on any atom is -0.496 e. The first-order chi connectivity index (χ1) is 13.6. The Morgan fingerprint density at radius 1 is 0.964 bits per heavy atom. The average Bonchev–Trinajstić information content (AvgIpc) is 2.76. The van der Waals surface area contributed by atoms with Crippen molar-refractivity contribution in [2.45, 2.75) is 25.7 Å². The maximum atomic E-state index is 12.7. The number of carbonyl (C=O) groups excluding carboxylic acids is 2. The van der Waals surface area contributed by atoms with Gasteiger partial charge in [0, 0.05) is 5.56 Å². The Labute approximate surface area is 164 Å². The molecule has 28 heavy (non-hydrogen) atoms. The van der Waals surface area contributed by atoms with Gasteiger partial charge in [-0.15, -0.1) is 0 Å². The van der Waals surface area contributed by atoms with Gasteiger partial charge in [0.05, 0.1) is 32.5 Å². The molecule has 2 aromatic carbocycles. The molecule has 0 N–H and O–H groups in total. The summed E-state index contributed by atoms with van der Waals surface area (Å²) in [7, 11) is 4.21. The number of methoxy groups -OCH3 is 3.